The van der Waals surface area contributed by atoms with Crippen LogP contribution in [0.1, 0.15) is 56.9 Å². The SMILES string of the molecule is CC.CC.CC#Cc1ccc(C#CC#Cc2ccc(C)cc2)cc1. The lowest BCUT2D eigenvalue weighted by Crippen LogP contribution is -1.76. The molecule has 0 aliphatic heterocycles. The summed E-state index contributed by atoms with van der Waals surface area (Å²) < 4.78 is 0. The van der Waals surface area contributed by atoms with Crippen molar-refractivity contribution >= 4 is 0 Å². The second-order valence-corrected chi connectivity index (χ2v) is 4.32. The van der Waals surface area contributed by atoms with Crippen molar-refractivity contribution in [1.29, 1.82) is 0 Å². The molecule has 0 saturated carbocycles. The van der Waals surface area contributed by atoms with E-state index in [0.29, 0.717) is 0 Å². The van der Waals surface area contributed by atoms with Gasteiger partial charge in [0.15, 0.2) is 0 Å². The van der Waals surface area contributed by atoms with Gasteiger partial charge in [-0.2, -0.15) is 0 Å². The van der Waals surface area contributed by atoms with Crippen molar-refractivity contribution in [3.05, 3.63) is 70.8 Å². The van der Waals surface area contributed by atoms with Crippen LogP contribution < -0.4 is 0 Å². The Labute approximate surface area is 148 Å². The van der Waals surface area contributed by atoms with E-state index >= 15 is 0 Å². The Kier molecular flexibility index (Phi) is 12.1. The van der Waals surface area contributed by atoms with Gasteiger partial charge in [0.1, 0.15) is 0 Å². The summed E-state index contributed by atoms with van der Waals surface area (Å²) in [6, 6.07) is 15.9. The lowest BCUT2D eigenvalue weighted by molar-refractivity contribution is 1.46. The lowest BCUT2D eigenvalue weighted by Gasteiger charge is -1.90. The second-order valence-electron chi connectivity index (χ2n) is 4.32. The average molecular weight is 314 g/mol. The van der Waals surface area contributed by atoms with Crippen LogP contribution in [0.4, 0.5) is 0 Å². The number of hydrogen-bond acceptors (Lipinski definition) is 0. The third kappa shape index (κ3) is 8.54. The molecule has 2 aromatic rings. The van der Waals surface area contributed by atoms with E-state index in [-0.39, 0.29) is 0 Å². The number of rotatable bonds is 0. The highest BCUT2D eigenvalue weighted by Gasteiger charge is 1.87. The smallest absolute Gasteiger partial charge is 0.0256 e. The largest absolute Gasteiger partial charge is 0.101 e. The first-order valence-corrected chi connectivity index (χ1v) is 8.39. The molecule has 0 aliphatic rings. The third-order valence-corrected chi connectivity index (χ3v) is 2.68. The van der Waals surface area contributed by atoms with E-state index in [1.807, 2.05) is 83.1 Å². The molecule has 0 amide bonds. The molecule has 0 nitrogen and oxygen atoms in total. The van der Waals surface area contributed by atoms with Gasteiger partial charge in [0.2, 0.25) is 0 Å². The third-order valence-electron chi connectivity index (χ3n) is 2.68. The molecular formula is C24H26. The van der Waals surface area contributed by atoms with Gasteiger partial charge < -0.3 is 0 Å². The predicted molar refractivity (Wildman–Crippen MR) is 107 cm³/mol. The molecule has 0 fully saturated rings. The quantitative estimate of drug-likeness (QED) is 0.537. The molecule has 0 spiro atoms. The van der Waals surface area contributed by atoms with E-state index < -0.39 is 0 Å². The van der Waals surface area contributed by atoms with Crippen LogP contribution in [0, 0.1) is 42.4 Å². The molecule has 24 heavy (non-hydrogen) atoms. The fourth-order valence-electron chi connectivity index (χ4n) is 1.62. The van der Waals surface area contributed by atoms with Crippen LogP contribution in [0.5, 0.6) is 0 Å². The fraction of sp³-hybridized carbons (Fsp3) is 0.250. The van der Waals surface area contributed by atoms with Gasteiger partial charge in [-0.05, 0) is 62.1 Å². The zero-order valence-electron chi connectivity index (χ0n) is 15.6. The molecule has 2 aromatic carbocycles. The summed E-state index contributed by atoms with van der Waals surface area (Å²) in [5.74, 6) is 17.7. The van der Waals surface area contributed by atoms with Crippen LogP contribution in [0.2, 0.25) is 0 Å². The minimum absolute atomic E-state index is 0.949. The summed E-state index contributed by atoms with van der Waals surface area (Å²) in [5.41, 5.74) is 4.17. The Morgan fingerprint density at radius 1 is 0.542 bits per heavy atom. The normalized spacial score (nSPS) is 7.42. The Hall–Kier alpha value is -2.88. The van der Waals surface area contributed by atoms with E-state index in [1.165, 1.54) is 5.56 Å². The Morgan fingerprint density at radius 2 is 0.875 bits per heavy atom. The van der Waals surface area contributed by atoms with E-state index in [9.17, 15) is 0 Å². The molecule has 0 heteroatoms. The summed E-state index contributed by atoms with van der Waals surface area (Å²) in [4.78, 5) is 0. The van der Waals surface area contributed by atoms with Gasteiger partial charge >= 0.3 is 0 Å². The second kappa shape index (κ2) is 13.8. The van der Waals surface area contributed by atoms with Crippen molar-refractivity contribution in [2.75, 3.05) is 0 Å². The van der Waals surface area contributed by atoms with E-state index in [4.69, 9.17) is 0 Å². The van der Waals surface area contributed by atoms with Crippen LogP contribution in [0.25, 0.3) is 0 Å². The van der Waals surface area contributed by atoms with Crippen molar-refractivity contribution in [3.63, 3.8) is 0 Å². The first-order valence-electron chi connectivity index (χ1n) is 8.39. The minimum atomic E-state index is 0.949. The van der Waals surface area contributed by atoms with Crippen LogP contribution in [0.15, 0.2) is 48.5 Å². The highest BCUT2D eigenvalue weighted by atomic mass is 13.9. The van der Waals surface area contributed by atoms with Gasteiger partial charge in [0.05, 0.1) is 0 Å². The summed E-state index contributed by atoms with van der Waals surface area (Å²) in [5, 5.41) is 0. The van der Waals surface area contributed by atoms with Gasteiger partial charge in [-0.15, -0.1) is 5.92 Å². The highest BCUT2D eigenvalue weighted by molar-refractivity contribution is 5.46. The molecule has 0 aromatic heterocycles. The highest BCUT2D eigenvalue weighted by Crippen LogP contribution is 2.02. The maximum atomic E-state index is 3.03. The zero-order chi connectivity index (χ0) is 18.2. The summed E-state index contributed by atoms with van der Waals surface area (Å²) in [7, 11) is 0. The van der Waals surface area contributed by atoms with Crippen molar-refractivity contribution in [1.82, 2.24) is 0 Å². The van der Waals surface area contributed by atoms with Crippen LogP contribution in [0.3, 0.4) is 0 Å². The Balaban J connectivity index is 0.00000123. The summed E-state index contributed by atoms with van der Waals surface area (Å²) in [6.45, 7) is 11.9. The molecule has 0 atom stereocenters. The van der Waals surface area contributed by atoms with Crippen LogP contribution >= 0.6 is 0 Å². The number of benzene rings is 2. The van der Waals surface area contributed by atoms with Gasteiger partial charge in [-0.1, -0.05) is 63.2 Å². The molecule has 0 radical (unpaired) electrons. The number of aryl methyl sites for hydroxylation is 1. The molecule has 0 aliphatic carbocycles. The van der Waals surface area contributed by atoms with Crippen molar-refractivity contribution < 1.29 is 0 Å². The van der Waals surface area contributed by atoms with Gasteiger partial charge in [-0.3, -0.25) is 0 Å². The Morgan fingerprint density at radius 3 is 1.25 bits per heavy atom. The monoisotopic (exact) mass is 314 g/mol. The first-order chi connectivity index (χ1) is 11.8. The lowest BCUT2D eigenvalue weighted by atomic mass is 10.1. The molecule has 0 unspecified atom stereocenters. The van der Waals surface area contributed by atoms with Gasteiger partial charge in [-0.25, -0.2) is 0 Å². The first kappa shape index (κ1) is 21.1. The molecule has 0 N–H and O–H groups in total. The van der Waals surface area contributed by atoms with Gasteiger partial charge in [0.25, 0.3) is 0 Å². The molecule has 0 saturated heterocycles. The van der Waals surface area contributed by atoms with Crippen molar-refractivity contribution in [3.8, 4) is 35.5 Å². The standard InChI is InChI=1S/C20H14.2C2H6/c1-3-6-18-13-15-20(16-14-18)8-5-4-7-19-11-9-17(2)10-12-19;2*1-2/h9-16H,1-2H3;2*1-2H3. The topological polar surface area (TPSA) is 0 Å². The molecule has 0 bridgehead atoms. The molecule has 0 heterocycles. The van der Waals surface area contributed by atoms with Gasteiger partial charge in [0, 0.05) is 16.7 Å². The summed E-state index contributed by atoms with van der Waals surface area (Å²) in [6.07, 6.45) is 0. The molecule has 122 valence electrons. The average Bonchev–Trinajstić information content (AvgIpc) is 2.65. The molecule has 2 rings (SSSR count). The fourth-order valence-corrected chi connectivity index (χ4v) is 1.62. The van der Waals surface area contributed by atoms with Crippen molar-refractivity contribution in [2.45, 2.75) is 41.5 Å². The Bertz CT molecular complexity index is 756. The summed E-state index contributed by atoms with van der Waals surface area (Å²) >= 11 is 0. The number of hydrogen-bond donors (Lipinski definition) is 0. The minimum Gasteiger partial charge on any atom is -0.101 e. The maximum Gasteiger partial charge on any atom is 0.0256 e. The van der Waals surface area contributed by atoms with E-state index in [2.05, 4.69) is 42.4 Å². The van der Waals surface area contributed by atoms with E-state index in [0.717, 1.165) is 16.7 Å². The predicted octanol–water partition coefficient (Wildman–Crippen LogP) is 5.82. The zero-order valence-corrected chi connectivity index (χ0v) is 15.6. The maximum absolute atomic E-state index is 3.03. The van der Waals surface area contributed by atoms with Crippen LogP contribution in [-0.4, -0.2) is 0 Å². The van der Waals surface area contributed by atoms with Crippen LogP contribution in [-0.2, 0) is 0 Å². The van der Waals surface area contributed by atoms with Crippen molar-refractivity contribution in [2.24, 2.45) is 0 Å². The van der Waals surface area contributed by atoms with E-state index in [1.54, 1.807) is 0 Å². The molecular weight excluding hydrogens is 288 g/mol.